The van der Waals surface area contributed by atoms with Gasteiger partial charge in [0.1, 0.15) is 18.2 Å². The summed E-state index contributed by atoms with van der Waals surface area (Å²) in [6.45, 7) is 9.09. The highest BCUT2D eigenvalue weighted by Crippen LogP contribution is 2.37. The van der Waals surface area contributed by atoms with Crippen LogP contribution in [0.5, 0.6) is 0 Å². The van der Waals surface area contributed by atoms with Crippen molar-refractivity contribution in [2.45, 2.75) is 103 Å². The highest BCUT2D eigenvalue weighted by Gasteiger charge is 2.42. The van der Waals surface area contributed by atoms with Crippen molar-refractivity contribution >= 4 is 17.9 Å². The number of carbonyl (C=O) groups is 3. The number of nitrogens with one attached hydrogen (secondary N) is 2. The maximum atomic E-state index is 13.7. The molecule has 0 aliphatic heterocycles. The monoisotopic (exact) mass is 457 g/mol. The number of aryl methyl sites for hydroxylation is 2. The van der Waals surface area contributed by atoms with E-state index in [0.29, 0.717) is 0 Å². The first-order valence-corrected chi connectivity index (χ1v) is 12.2. The quantitative estimate of drug-likeness (QED) is 0.639. The number of hydrogen-bond donors (Lipinski definition) is 2. The fourth-order valence-electron chi connectivity index (χ4n) is 4.65. The number of ether oxygens (including phenoxy) is 1. The smallest absolute Gasteiger partial charge is 0.408 e. The summed E-state index contributed by atoms with van der Waals surface area (Å²) in [5.41, 5.74) is 2.20. The van der Waals surface area contributed by atoms with Crippen LogP contribution in [0.4, 0.5) is 4.79 Å². The lowest BCUT2D eigenvalue weighted by atomic mass is 9.92. The maximum Gasteiger partial charge on any atom is 0.408 e. The Labute approximate surface area is 197 Å². The predicted molar refractivity (Wildman–Crippen MR) is 128 cm³/mol. The van der Waals surface area contributed by atoms with Gasteiger partial charge >= 0.3 is 6.09 Å². The van der Waals surface area contributed by atoms with Crippen molar-refractivity contribution in [3.8, 4) is 0 Å². The molecule has 3 amide bonds. The summed E-state index contributed by atoms with van der Waals surface area (Å²) < 4.78 is 5.28. The summed E-state index contributed by atoms with van der Waals surface area (Å²) in [6, 6.07) is 5.37. The Morgan fingerprint density at radius 2 is 1.64 bits per heavy atom. The Balaban J connectivity index is 1.85. The van der Waals surface area contributed by atoms with E-state index in [-0.39, 0.29) is 30.4 Å². The summed E-state index contributed by atoms with van der Waals surface area (Å²) in [4.78, 5) is 40.9. The topological polar surface area (TPSA) is 87.7 Å². The molecule has 1 aromatic rings. The molecule has 33 heavy (non-hydrogen) atoms. The average Bonchev–Trinajstić information content (AvgIpc) is 3.55. The molecule has 0 aromatic heterocycles. The van der Waals surface area contributed by atoms with Crippen molar-refractivity contribution in [3.05, 3.63) is 34.9 Å². The third kappa shape index (κ3) is 6.95. The molecule has 7 nitrogen and oxygen atoms in total. The van der Waals surface area contributed by atoms with Crippen LogP contribution in [0.3, 0.4) is 0 Å². The van der Waals surface area contributed by atoms with E-state index in [1.165, 1.54) is 6.42 Å². The van der Waals surface area contributed by atoms with Gasteiger partial charge in [-0.1, -0.05) is 37.5 Å². The first kappa shape index (κ1) is 25.1. The largest absolute Gasteiger partial charge is 0.444 e. The summed E-state index contributed by atoms with van der Waals surface area (Å²) >= 11 is 0. The summed E-state index contributed by atoms with van der Waals surface area (Å²) in [7, 11) is 0. The molecular formula is C26H39N3O4. The molecule has 0 bridgehead atoms. The Kier molecular flexibility index (Phi) is 8.03. The van der Waals surface area contributed by atoms with Crippen LogP contribution in [0.2, 0.25) is 0 Å². The highest BCUT2D eigenvalue weighted by molar-refractivity contribution is 5.91. The van der Waals surface area contributed by atoms with E-state index in [0.717, 1.165) is 55.2 Å². The molecule has 0 saturated heterocycles. The van der Waals surface area contributed by atoms with Gasteiger partial charge in [-0.2, -0.15) is 0 Å². The van der Waals surface area contributed by atoms with E-state index in [1.54, 1.807) is 25.7 Å². The molecule has 0 radical (unpaired) electrons. The zero-order valence-electron chi connectivity index (χ0n) is 20.7. The number of carbonyl (C=O) groups excluding carboxylic acids is 3. The molecular weight excluding hydrogens is 418 g/mol. The van der Waals surface area contributed by atoms with E-state index in [9.17, 15) is 14.4 Å². The molecule has 2 aliphatic rings. The van der Waals surface area contributed by atoms with Gasteiger partial charge in [0.25, 0.3) is 0 Å². The minimum absolute atomic E-state index is 0.000881. The molecule has 2 fully saturated rings. The SMILES string of the molecule is Cc1cccc(C)c1C(C(=O)NC1CCCCC1)N(C(=O)CNC(=O)OC(C)(C)C)C1CC1. The normalized spacial score (nSPS) is 17.7. The minimum atomic E-state index is -0.714. The number of rotatable bonds is 7. The van der Waals surface area contributed by atoms with E-state index in [1.807, 2.05) is 32.0 Å². The lowest BCUT2D eigenvalue weighted by molar-refractivity contribution is -0.141. The zero-order chi connectivity index (χ0) is 24.2. The van der Waals surface area contributed by atoms with Crippen LogP contribution in [0.25, 0.3) is 0 Å². The van der Waals surface area contributed by atoms with Crippen molar-refractivity contribution in [1.82, 2.24) is 15.5 Å². The summed E-state index contributed by atoms with van der Waals surface area (Å²) in [5, 5.41) is 5.81. The van der Waals surface area contributed by atoms with Crippen LogP contribution >= 0.6 is 0 Å². The average molecular weight is 458 g/mol. The number of hydrogen-bond acceptors (Lipinski definition) is 4. The Hall–Kier alpha value is -2.57. The van der Waals surface area contributed by atoms with Gasteiger partial charge in [0.2, 0.25) is 11.8 Å². The fourth-order valence-corrected chi connectivity index (χ4v) is 4.65. The second-order valence-electron chi connectivity index (χ2n) is 10.4. The van der Waals surface area contributed by atoms with Crippen LogP contribution < -0.4 is 10.6 Å². The fraction of sp³-hybridized carbons (Fsp3) is 0.654. The van der Waals surface area contributed by atoms with Gasteiger partial charge in [0, 0.05) is 12.1 Å². The lowest BCUT2D eigenvalue weighted by Crippen LogP contribution is -2.50. The maximum absolute atomic E-state index is 13.7. The van der Waals surface area contributed by atoms with Crippen LogP contribution in [0.15, 0.2) is 18.2 Å². The summed E-state index contributed by atoms with van der Waals surface area (Å²) in [5.74, 6) is -0.397. The van der Waals surface area contributed by atoms with E-state index >= 15 is 0 Å². The molecule has 1 aromatic carbocycles. The van der Waals surface area contributed by atoms with Crippen molar-refractivity contribution in [2.75, 3.05) is 6.54 Å². The Morgan fingerprint density at radius 1 is 1.03 bits per heavy atom. The van der Waals surface area contributed by atoms with E-state index in [2.05, 4.69) is 10.6 Å². The van der Waals surface area contributed by atoms with Gasteiger partial charge in [-0.15, -0.1) is 0 Å². The summed E-state index contributed by atoms with van der Waals surface area (Å²) in [6.07, 6.45) is 6.46. The molecule has 3 rings (SSSR count). The van der Waals surface area contributed by atoms with Crippen LogP contribution in [0, 0.1) is 13.8 Å². The molecule has 2 saturated carbocycles. The standard InChI is InChI=1S/C26H39N3O4/c1-17-10-9-11-18(2)22(17)23(24(31)28-19-12-7-6-8-13-19)29(20-14-15-20)21(30)16-27-25(32)33-26(3,4)5/h9-11,19-20,23H,6-8,12-16H2,1-5H3,(H,27,32)(H,28,31). The van der Waals surface area contributed by atoms with Crippen LogP contribution in [-0.4, -0.2) is 47.0 Å². The first-order chi connectivity index (χ1) is 15.6. The molecule has 182 valence electrons. The van der Waals surface area contributed by atoms with Crippen molar-refractivity contribution in [3.63, 3.8) is 0 Å². The van der Waals surface area contributed by atoms with Crippen LogP contribution in [0.1, 0.15) is 88.4 Å². The van der Waals surface area contributed by atoms with Gasteiger partial charge < -0.3 is 20.3 Å². The number of benzene rings is 1. The highest BCUT2D eigenvalue weighted by atomic mass is 16.6. The third-order valence-corrected chi connectivity index (χ3v) is 6.30. The minimum Gasteiger partial charge on any atom is -0.444 e. The van der Waals surface area contributed by atoms with Gasteiger partial charge in [0.15, 0.2) is 0 Å². The molecule has 1 unspecified atom stereocenters. The third-order valence-electron chi connectivity index (χ3n) is 6.30. The molecule has 1 atom stereocenters. The second kappa shape index (κ2) is 10.6. The Bertz CT molecular complexity index is 847. The van der Waals surface area contributed by atoms with Crippen LogP contribution in [-0.2, 0) is 14.3 Å². The van der Waals surface area contributed by atoms with Gasteiger partial charge in [0.05, 0.1) is 0 Å². The molecule has 2 N–H and O–H groups in total. The van der Waals surface area contributed by atoms with E-state index in [4.69, 9.17) is 4.74 Å². The predicted octanol–water partition coefficient (Wildman–Crippen LogP) is 4.31. The van der Waals surface area contributed by atoms with Crippen molar-refractivity contribution in [2.24, 2.45) is 0 Å². The van der Waals surface area contributed by atoms with Gasteiger partial charge in [-0.05, 0) is 77.0 Å². The second-order valence-corrected chi connectivity index (χ2v) is 10.4. The van der Waals surface area contributed by atoms with Gasteiger partial charge in [-0.3, -0.25) is 9.59 Å². The number of amides is 3. The number of alkyl carbamates (subject to hydrolysis) is 1. The first-order valence-electron chi connectivity index (χ1n) is 12.2. The Morgan fingerprint density at radius 3 is 2.18 bits per heavy atom. The van der Waals surface area contributed by atoms with Crippen molar-refractivity contribution < 1.29 is 19.1 Å². The lowest BCUT2D eigenvalue weighted by Gasteiger charge is -2.35. The molecule has 2 aliphatic carbocycles. The van der Waals surface area contributed by atoms with Gasteiger partial charge in [-0.25, -0.2) is 4.79 Å². The molecule has 7 heteroatoms. The molecule has 0 heterocycles. The van der Waals surface area contributed by atoms with E-state index < -0.39 is 17.7 Å². The molecule has 0 spiro atoms. The number of nitrogens with zero attached hydrogens (tertiary/aromatic N) is 1. The van der Waals surface area contributed by atoms with Crippen molar-refractivity contribution in [1.29, 1.82) is 0 Å². The zero-order valence-corrected chi connectivity index (χ0v) is 20.7.